The van der Waals surface area contributed by atoms with Crippen molar-refractivity contribution in [3.63, 3.8) is 0 Å². The third-order valence-corrected chi connectivity index (χ3v) is 5.98. The van der Waals surface area contributed by atoms with Gasteiger partial charge in [-0.3, -0.25) is 9.36 Å². The van der Waals surface area contributed by atoms with Crippen LogP contribution in [0.3, 0.4) is 0 Å². The summed E-state index contributed by atoms with van der Waals surface area (Å²) >= 11 is 3.19. The van der Waals surface area contributed by atoms with E-state index in [1.54, 1.807) is 15.9 Å². The fraction of sp³-hybridized carbons (Fsp3) is 0.294. The second kappa shape index (κ2) is 5.78. The summed E-state index contributed by atoms with van der Waals surface area (Å²) in [7, 11) is 2.12. The van der Waals surface area contributed by atoms with Crippen molar-refractivity contribution in [2.45, 2.75) is 18.1 Å². The average Bonchev–Trinajstić information content (AvgIpc) is 2.92. The van der Waals surface area contributed by atoms with Gasteiger partial charge in [0.25, 0.3) is 5.56 Å². The van der Waals surface area contributed by atoms with Gasteiger partial charge in [0, 0.05) is 18.0 Å². The third-order valence-electron chi connectivity index (χ3n) is 4.23. The highest BCUT2D eigenvalue weighted by molar-refractivity contribution is 7.98. The molecule has 0 spiro atoms. The Hall–Kier alpha value is -1.63. The molecule has 0 atom stereocenters. The second-order valence-corrected chi connectivity index (χ2v) is 7.60. The summed E-state index contributed by atoms with van der Waals surface area (Å²) in [6, 6.07) is 9.78. The highest BCUT2D eigenvalue weighted by atomic mass is 32.2. The zero-order chi connectivity index (χ0) is 16.0. The van der Waals surface area contributed by atoms with Crippen molar-refractivity contribution in [2.24, 2.45) is 0 Å². The summed E-state index contributed by atoms with van der Waals surface area (Å²) < 4.78 is 1.75. The number of thiophene rings is 1. The normalized spacial score (nSPS) is 15.0. The molecule has 0 amide bonds. The van der Waals surface area contributed by atoms with E-state index in [0.717, 1.165) is 40.6 Å². The molecule has 4 rings (SSSR count). The smallest absolute Gasteiger partial charge is 0.267 e. The van der Waals surface area contributed by atoms with Crippen molar-refractivity contribution in [1.29, 1.82) is 0 Å². The van der Waals surface area contributed by atoms with Crippen LogP contribution in [0, 0.1) is 0 Å². The fourth-order valence-corrected chi connectivity index (χ4v) is 4.99. The van der Waals surface area contributed by atoms with Crippen LogP contribution in [0.2, 0.25) is 0 Å². The molecule has 0 saturated heterocycles. The number of nitrogens with zero attached hydrogens (tertiary/aromatic N) is 3. The topological polar surface area (TPSA) is 38.1 Å². The molecule has 0 aliphatic carbocycles. The van der Waals surface area contributed by atoms with Crippen molar-refractivity contribution in [1.82, 2.24) is 14.5 Å². The van der Waals surface area contributed by atoms with Gasteiger partial charge < -0.3 is 4.90 Å². The SMILES string of the molecule is CSc1nc2sc3c(c2c(=O)n1-c1ccccc1)CCN(C)C3. The van der Waals surface area contributed by atoms with Crippen LogP contribution in [0.5, 0.6) is 0 Å². The number of hydrogen-bond donors (Lipinski definition) is 0. The summed E-state index contributed by atoms with van der Waals surface area (Å²) in [5.41, 5.74) is 2.15. The number of benzene rings is 1. The molecule has 1 aromatic carbocycles. The first-order valence-corrected chi connectivity index (χ1v) is 9.58. The van der Waals surface area contributed by atoms with E-state index < -0.39 is 0 Å². The number of likely N-dealkylation sites (N-methyl/N-ethyl adjacent to an activating group) is 1. The second-order valence-electron chi connectivity index (χ2n) is 5.75. The number of fused-ring (bicyclic) bond motifs is 3. The zero-order valence-corrected chi connectivity index (χ0v) is 14.7. The largest absolute Gasteiger partial charge is 0.301 e. The molecule has 1 aliphatic rings. The molecule has 6 heteroatoms. The number of aromatic nitrogens is 2. The Labute approximate surface area is 142 Å². The van der Waals surface area contributed by atoms with Gasteiger partial charge in [0.2, 0.25) is 0 Å². The lowest BCUT2D eigenvalue weighted by molar-refractivity contribution is 0.318. The van der Waals surface area contributed by atoms with Crippen LogP contribution in [-0.2, 0) is 13.0 Å². The number of thioether (sulfide) groups is 1. The van der Waals surface area contributed by atoms with Crippen LogP contribution in [0.25, 0.3) is 15.9 Å². The maximum atomic E-state index is 13.2. The van der Waals surface area contributed by atoms with Crippen molar-refractivity contribution in [3.05, 3.63) is 51.1 Å². The van der Waals surface area contributed by atoms with E-state index in [1.165, 1.54) is 22.2 Å². The summed E-state index contributed by atoms with van der Waals surface area (Å²) in [6.07, 6.45) is 2.89. The highest BCUT2D eigenvalue weighted by Crippen LogP contribution is 2.33. The number of hydrogen-bond acceptors (Lipinski definition) is 5. The first kappa shape index (κ1) is 14.9. The van der Waals surface area contributed by atoms with Crippen LogP contribution in [-0.4, -0.2) is 34.3 Å². The molecule has 0 saturated carbocycles. The van der Waals surface area contributed by atoms with E-state index in [0.29, 0.717) is 0 Å². The van der Waals surface area contributed by atoms with Gasteiger partial charge in [-0.05, 0) is 37.4 Å². The van der Waals surface area contributed by atoms with Crippen LogP contribution in [0.15, 0.2) is 40.3 Å². The Bertz CT molecular complexity index is 930. The first-order valence-electron chi connectivity index (χ1n) is 7.54. The zero-order valence-electron chi connectivity index (χ0n) is 13.1. The van der Waals surface area contributed by atoms with Gasteiger partial charge in [0.1, 0.15) is 4.83 Å². The van der Waals surface area contributed by atoms with E-state index in [4.69, 9.17) is 4.98 Å². The molecule has 3 aromatic rings. The minimum Gasteiger partial charge on any atom is -0.301 e. The number of rotatable bonds is 2. The molecule has 0 unspecified atom stereocenters. The highest BCUT2D eigenvalue weighted by Gasteiger charge is 2.24. The molecule has 1 aliphatic heterocycles. The van der Waals surface area contributed by atoms with Crippen LogP contribution in [0.1, 0.15) is 10.4 Å². The minimum absolute atomic E-state index is 0.0626. The van der Waals surface area contributed by atoms with Gasteiger partial charge >= 0.3 is 0 Å². The number of para-hydroxylation sites is 1. The lowest BCUT2D eigenvalue weighted by Gasteiger charge is -2.21. The van der Waals surface area contributed by atoms with Crippen molar-refractivity contribution < 1.29 is 0 Å². The lowest BCUT2D eigenvalue weighted by atomic mass is 10.1. The predicted octanol–water partition coefficient (Wildman–Crippen LogP) is 3.16. The fourth-order valence-electron chi connectivity index (χ4n) is 3.09. The van der Waals surface area contributed by atoms with E-state index in [2.05, 4.69) is 11.9 Å². The molecule has 3 heterocycles. The molecule has 0 N–H and O–H groups in total. The maximum Gasteiger partial charge on any atom is 0.267 e. The van der Waals surface area contributed by atoms with Crippen molar-refractivity contribution in [2.75, 3.05) is 19.8 Å². The third kappa shape index (κ3) is 2.41. The molecular weight excluding hydrogens is 326 g/mol. The summed E-state index contributed by atoms with van der Waals surface area (Å²) in [6.45, 7) is 1.91. The molecule has 118 valence electrons. The van der Waals surface area contributed by atoms with E-state index >= 15 is 0 Å². The van der Waals surface area contributed by atoms with Crippen molar-refractivity contribution >= 4 is 33.3 Å². The summed E-state index contributed by atoms with van der Waals surface area (Å²) in [5, 5.41) is 1.57. The predicted molar refractivity (Wildman–Crippen MR) is 97.0 cm³/mol. The standard InChI is InChI=1S/C17H17N3OS2/c1-19-9-8-12-13(10-19)23-15-14(12)16(21)20(17(18-15)22-2)11-6-4-3-5-7-11/h3-7H,8-10H2,1-2H3. The molecule has 23 heavy (non-hydrogen) atoms. The Morgan fingerprint density at radius 1 is 1.26 bits per heavy atom. The van der Waals surface area contributed by atoms with Gasteiger partial charge in [0.15, 0.2) is 5.16 Å². The van der Waals surface area contributed by atoms with E-state index in [9.17, 15) is 4.79 Å². The quantitative estimate of drug-likeness (QED) is 0.529. The molecule has 0 bridgehead atoms. The Balaban J connectivity index is 2.04. The molecule has 2 aromatic heterocycles. The Morgan fingerprint density at radius 2 is 2.04 bits per heavy atom. The van der Waals surface area contributed by atoms with Gasteiger partial charge in [0.05, 0.1) is 11.1 Å². The molecule has 0 radical (unpaired) electrons. The first-order chi connectivity index (χ1) is 11.2. The Morgan fingerprint density at radius 3 is 2.78 bits per heavy atom. The van der Waals surface area contributed by atoms with Crippen LogP contribution < -0.4 is 5.56 Å². The molecule has 4 nitrogen and oxygen atoms in total. The molecular formula is C17H17N3OS2. The summed E-state index contributed by atoms with van der Waals surface area (Å²) in [5.74, 6) is 0. The monoisotopic (exact) mass is 343 g/mol. The Kier molecular flexibility index (Phi) is 3.75. The van der Waals surface area contributed by atoms with Crippen LogP contribution >= 0.6 is 23.1 Å². The van der Waals surface area contributed by atoms with E-state index in [-0.39, 0.29) is 5.56 Å². The van der Waals surface area contributed by atoms with Gasteiger partial charge in [-0.1, -0.05) is 30.0 Å². The van der Waals surface area contributed by atoms with Gasteiger partial charge in [-0.25, -0.2) is 4.98 Å². The summed E-state index contributed by atoms with van der Waals surface area (Å²) in [4.78, 5) is 22.5. The lowest BCUT2D eigenvalue weighted by Crippen LogP contribution is -2.27. The van der Waals surface area contributed by atoms with Crippen molar-refractivity contribution in [3.8, 4) is 5.69 Å². The van der Waals surface area contributed by atoms with E-state index in [1.807, 2.05) is 36.6 Å². The van der Waals surface area contributed by atoms with Gasteiger partial charge in [-0.15, -0.1) is 11.3 Å². The average molecular weight is 343 g/mol. The minimum atomic E-state index is 0.0626. The molecule has 0 fully saturated rings. The maximum absolute atomic E-state index is 13.2. The van der Waals surface area contributed by atoms with Crippen LogP contribution in [0.4, 0.5) is 0 Å². The van der Waals surface area contributed by atoms with Gasteiger partial charge in [-0.2, -0.15) is 0 Å².